The van der Waals surface area contributed by atoms with E-state index in [1.807, 2.05) is 6.07 Å². The van der Waals surface area contributed by atoms with Crippen molar-refractivity contribution in [2.24, 2.45) is 0 Å². The zero-order valence-electron chi connectivity index (χ0n) is 9.76. The second-order valence-corrected chi connectivity index (χ2v) is 5.31. The molecule has 3 heteroatoms. The summed E-state index contributed by atoms with van der Waals surface area (Å²) in [6.07, 6.45) is 3.59. The lowest BCUT2D eigenvalue weighted by atomic mass is 10.2. The number of alkyl halides is 1. The van der Waals surface area contributed by atoms with Crippen LogP contribution in [0, 0.1) is 0 Å². The molecule has 1 aromatic carbocycles. The molecule has 1 nitrogen and oxygen atoms in total. The number of rotatable bonds is 7. The zero-order chi connectivity index (χ0) is 11.8. The van der Waals surface area contributed by atoms with E-state index in [9.17, 15) is 0 Å². The number of unbranched alkanes of at least 4 members (excludes halogenated alkanes) is 2. The highest BCUT2D eigenvalue weighted by atomic mass is 79.9. The van der Waals surface area contributed by atoms with Gasteiger partial charge in [0.15, 0.2) is 0 Å². The molecule has 90 valence electrons. The number of nitrogens with zero attached hydrogens (tertiary/aromatic N) is 1. The van der Waals surface area contributed by atoms with E-state index in [-0.39, 0.29) is 0 Å². The van der Waals surface area contributed by atoms with E-state index < -0.39 is 0 Å². The van der Waals surface area contributed by atoms with Crippen LogP contribution in [-0.4, -0.2) is 24.4 Å². The summed E-state index contributed by atoms with van der Waals surface area (Å²) in [5.74, 6) is 0.786. The molecule has 0 saturated carbocycles. The Hall–Kier alpha value is -0.0500. The molecule has 0 heterocycles. The lowest BCUT2D eigenvalue weighted by molar-refractivity contribution is 0.318. The summed E-state index contributed by atoms with van der Waals surface area (Å²) >= 11 is 9.22. The minimum atomic E-state index is 0.786. The van der Waals surface area contributed by atoms with Crippen LogP contribution < -0.4 is 0 Å². The molecular weight excluding hydrogens is 286 g/mol. The summed E-state index contributed by atoms with van der Waals surface area (Å²) in [7, 11) is 2.17. The van der Waals surface area contributed by atoms with Gasteiger partial charge in [-0.25, -0.2) is 0 Å². The first-order valence-electron chi connectivity index (χ1n) is 5.72. The third kappa shape index (κ3) is 5.33. The van der Waals surface area contributed by atoms with Gasteiger partial charge in [-0.05, 0) is 38.1 Å². The van der Waals surface area contributed by atoms with Gasteiger partial charge in [-0.3, -0.25) is 0 Å². The number of hydrogen-bond acceptors (Lipinski definition) is 1. The third-order valence-corrected chi connectivity index (χ3v) is 3.61. The maximum atomic E-state index is 5.65. The molecule has 0 aliphatic carbocycles. The van der Waals surface area contributed by atoms with Gasteiger partial charge >= 0.3 is 0 Å². The Labute approximate surface area is 112 Å². The molecule has 16 heavy (non-hydrogen) atoms. The van der Waals surface area contributed by atoms with Crippen molar-refractivity contribution >= 4 is 27.5 Å². The van der Waals surface area contributed by atoms with E-state index in [1.54, 1.807) is 0 Å². The molecule has 0 N–H and O–H groups in total. The highest BCUT2D eigenvalue weighted by Gasteiger charge is 2.02. The molecule has 0 aliphatic rings. The number of benzene rings is 1. The molecule has 0 unspecified atom stereocenters. The van der Waals surface area contributed by atoms with Crippen molar-refractivity contribution in [1.82, 2.24) is 4.90 Å². The van der Waals surface area contributed by atoms with Gasteiger partial charge in [0.05, 0.1) is 0 Å². The normalized spacial score (nSPS) is 11.0. The Balaban J connectivity index is 2.28. The minimum Gasteiger partial charge on any atom is -0.302 e. The lowest BCUT2D eigenvalue weighted by Crippen LogP contribution is -2.19. The Morgan fingerprint density at radius 2 is 1.94 bits per heavy atom. The van der Waals surface area contributed by atoms with E-state index in [0.717, 1.165) is 25.4 Å². The predicted octanol–water partition coefficient (Wildman–Crippen LogP) is 4.29. The molecule has 0 radical (unpaired) electrons. The van der Waals surface area contributed by atoms with E-state index in [0.29, 0.717) is 0 Å². The molecule has 0 aliphatic heterocycles. The first kappa shape index (κ1) is 14.0. The molecule has 0 amide bonds. The molecule has 0 aromatic heterocycles. The smallest absolute Gasteiger partial charge is 0.0241 e. The largest absolute Gasteiger partial charge is 0.302 e. The average Bonchev–Trinajstić information content (AvgIpc) is 2.28. The second-order valence-electron chi connectivity index (χ2n) is 4.08. The summed E-state index contributed by atoms with van der Waals surface area (Å²) in [4.78, 5) is 2.36. The Morgan fingerprint density at radius 1 is 1.19 bits per heavy atom. The maximum Gasteiger partial charge on any atom is 0.0241 e. The number of hydrogen-bond donors (Lipinski definition) is 0. The van der Waals surface area contributed by atoms with Crippen LogP contribution in [0.5, 0.6) is 0 Å². The molecule has 0 bridgehead atoms. The van der Waals surface area contributed by atoms with Gasteiger partial charge in [0.1, 0.15) is 0 Å². The number of halogens is 2. The van der Waals surface area contributed by atoms with E-state index >= 15 is 0 Å². The van der Waals surface area contributed by atoms with E-state index in [4.69, 9.17) is 11.6 Å². The second kappa shape index (κ2) is 8.10. The minimum absolute atomic E-state index is 0.786. The van der Waals surface area contributed by atoms with Gasteiger partial charge < -0.3 is 4.90 Å². The van der Waals surface area contributed by atoms with Crippen LogP contribution in [0.2, 0.25) is 0 Å². The summed E-state index contributed by atoms with van der Waals surface area (Å²) in [5, 5.41) is 0. The van der Waals surface area contributed by atoms with Crippen molar-refractivity contribution in [1.29, 1.82) is 0 Å². The fourth-order valence-corrected chi connectivity index (χ4v) is 2.25. The van der Waals surface area contributed by atoms with Crippen molar-refractivity contribution in [3.8, 4) is 0 Å². The van der Waals surface area contributed by atoms with Gasteiger partial charge in [0, 0.05) is 16.9 Å². The molecule has 0 fully saturated rings. The molecule has 0 saturated heterocycles. The first-order valence-corrected chi connectivity index (χ1v) is 7.04. The highest BCUT2D eigenvalue weighted by Crippen LogP contribution is 2.17. The van der Waals surface area contributed by atoms with Gasteiger partial charge in [-0.2, -0.15) is 0 Å². The Morgan fingerprint density at radius 3 is 2.62 bits per heavy atom. The van der Waals surface area contributed by atoms with Crippen LogP contribution in [0.3, 0.4) is 0 Å². The summed E-state index contributed by atoms with van der Waals surface area (Å²) in [6.45, 7) is 2.14. The molecule has 1 aromatic rings. The van der Waals surface area contributed by atoms with Crippen molar-refractivity contribution in [2.45, 2.75) is 25.8 Å². The van der Waals surface area contributed by atoms with Crippen molar-refractivity contribution in [2.75, 3.05) is 19.5 Å². The van der Waals surface area contributed by atoms with Gasteiger partial charge in [-0.1, -0.05) is 40.5 Å². The molecule has 1 rings (SSSR count). The zero-order valence-corrected chi connectivity index (χ0v) is 12.1. The van der Waals surface area contributed by atoms with Crippen LogP contribution in [0.1, 0.15) is 24.8 Å². The summed E-state index contributed by atoms with van der Waals surface area (Å²) < 4.78 is 1.20. The topological polar surface area (TPSA) is 3.24 Å². The summed E-state index contributed by atoms with van der Waals surface area (Å²) in [6, 6.07) is 8.39. The van der Waals surface area contributed by atoms with Crippen LogP contribution in [0.25, 0.3) is 0 Å². The average molecular weight is 305 g/mol. The quantitative estimate of drug-likeness (QED) is 0.536. The first-order chi connectivity index (χ1) is 7.74. The van der Waals surface area contributed by atoms with Crippen LogP contribution in [0.15, 0.2) is 28.7 Å². The van der Waals surface area contributed by atoms with E-state index in [1.165, 1.54) is 22.9 Å². The fourth-order valence-electron chi connectivity index (χ4n) is 1.65. The predicted molar refractivity (Wildman–Crippen MR) is 75.0 cm³/mol. The van der Waals surface area contributed by atoms with Gasteiger partial charge in [0.2, 0.25) is 0 Å². The lowest BCUT2D eigenvalue weighted by Gasteiger charge is -2.17. The Bertz CT molecular complexity index is 304. The van der Waals surface area contributed by atoms with Crippen LogP contribution in [-0.2, 0) is 6.54 Å². The highest BCUT2D eigenvalue weighted by molar-refractivity contribution is 9.10. The third-order valence-electron chi connectivity index (χ3n) is 2.57. The molecular formula is C13H19BrClN. The van der Waals surface area contributed by atoms with Crippen molar-refractivity contribution < 1.29 is 0 Å². The Kier molecular flexibility index (Phi) is 7.10. The standard InChI is InChI=1S/C13H19BrClN/c1-16(10-6-2-5-9-15)11-12-7-3-4-8-13(12)14/h3-4,7-8H,2,5-6,9-11H2,1H3. The monoisotopic (exact) mass is 303 g/mol. The van der Waals surface area contributed by atoms with Crippen LogP contribution >= 0.6 is 27.5 Å². The SMILES string of the molecule is CN(CCCCCCl)Cc1ccccc1Br. The van der Waals surface area contributed by atoms with Gasteiger partial charge in [-0.15, -0.1) is 11.6 Å². The van der Waals surface area contributed by atoms with Crippen molar-refractivity contribution in [3.63, 3.8) is 0 Å². The van der Waals surface area contributed by atoms with Crippen LogP contribution in [0.4, 0.5) is 0 Å². The molecule has 0 spiro atoms. The molecule has 0 atom stereocenters. The van der Waals surface area contributed by atoms with Gasteiger partial charge in [0.25, 0.3) is 0 Å². The maximum absolute atomic E-state index is 5.65. The van der Waals surface area contributed by atoms with Crippen molar-refractivity contribution in [3.05, 3.63) is 34.3 Å². The van der Waals surface area contributed by atoms with E-state index in [2.05, 4.69) is 46.1 Å². The summed E-state index contributed by atoms with van der Waals surface area (Å²) in [5.41, 5.74) is 1.35. The fraction of sp³-hybridized carbons (Fsp3) is 0.538.